The van der Waals surface area contributed by atoms with Crippen molar-refractivity contribution in [1.29, 1.82) is 0 Å². The van der Waals surface area contributed by atoms with Gasteiger partial charge in [-0.15, -0.1) is 10.2 Å². The van der Waals surface area contributed by atoms with Crippen LogP contribution in [0.25, 0.3) is 11.0 Å². The van der Waals surface area contributed by atoms with Gasteiger partial charge in [-0.1, -0.05) is 52.2 Å². The molecule has 150 valence electrons. The van der Waals surface area contributed by atoms with E-state index in [1.54, 1.807) is 37.3 Å². The summed E-state index contributed by atoms with van der Waals surface area (Å²) in [5.41, 5.74) is 0.723. The van der Waals surface area contributed by atoms with Crippen LogP contribution in [-0.4, -0.2) is 16.1 Å². The van der Waals surface area contributed by atoms with Crippen molar-refractivity contribution in [2.75, 3.05) is 4.90 Å². The van der Waals surface area contributed by atoms with Gasteiger partial charge in [0.1, 0.15) is 10.6 Å². The standard InChI is InChI=1S/C20H10Cl3N3O3S/c1-8-24-25-20(30-8)26-16(9-2-4-12(22)13(23)6-9)15-17(27)11-7-10(21)3-5-14(11)29-18(15)19(26)28/h2-7,16H,1H3/t16-/m1/s1. The molecule has 1 atom stereocenters. The molecule has 5 rings (SSSR count). The molecule has 0 bridgehead atoms. The molecule has 0 radical (unpaired) electrons. The molecule has 3 heterocycles. The molecule has 0 fully saturated rings. The van der Waals surface area contributed by atoms with Crippen molar-refractivity contribution in [2.45, 2.75) is 13.0 Å². The fourth-order valence-electron chi connectivity index (χ4n) is 3.52. The number of nitrogens with zero attached hydrogens (tertiary/aromatic N) is 3. The number of aryl methyl sites for hydroxylation is 1. The fraction of sp³-hybridized carbons (Fsp3) is 0.100. The molecule has 2 aromatic heterocycles. The Morgan fingerprint density at radius 3 is 2.53 bits per heavy atom. The van der Waals surface area contributed by atoms with Crippen molar-refractivity contribution in [3.05, 3.63) is 83.6 Å². The molecule has 1 aliphatic heterocycles. The van der Waals surface area contributed by atoms with E-state index >= 15 is 0 Å². The molecule has 1 amide bonds. The van der Waals surface area contributed by atoms with Crippen LogP contribution in [-0.2, 0) is 0 Å². The Morgan fingerprint density at radius 1 is 1.03 bits per heavy atom. The summed E-state index contributed by atoms with van der Waals surface area (Å²) in [6.07, 6.45) is 0. The van der Waals surface area contributed by atoms with Gasteiger partial charge in [0, 0.05) is 5.02 Å². The van der Waals surface area contributed by atoms with Gasteiger partial charge in [0.05, 0.1) is 27.0 Å². The predicted molar refractivity (Wildman–Crippen MR) is 117 cm³/mol. The van der Waals surface area contributed by atoms with Crippen molar-refractivity contribution in [3.8, 4) is 0 Å². The number of aromatic nitrogens is 2. The first-order chi connectivity index (χ1) is 14.3. The second-order valence-corrected chi connectivity index (χ2v) is 9.08. The van der Waals surface area contributed by atoms with Crippen molar-refractivity contribution >= 4 is 68.1 Å². The van der Waals surface area contributed by atoms with Gasteiger partial charge in [-0.25, -0.2) is 0 Å². The highest BCUT2D eigenvalue weighted by Crippen LogP contribution is 2.43. The number of carbonyl (C=O) groups is 1. The number of amides is 1. The van der Waals surface area contributed by atoms with E-state index in [9.17, 15) is 9.59 Å². The minimum Gasteiger partial charge on any atom is -0.450 e. The SMILES string of the molecule is Cc1nnc(N2C(=O)c3oc4ccc(Cl)cc4c(=O)c3[C@H]2c2ccc(Cl)c(Cl)c2)s1. The van der Waals surface area contributed by atoms with Crippen LogP contribution in [0.15, 0.2) is 45.6 Å². The van der Waals surface area contributed by atoms with Crippen LogP contribution in [0.3, 0.4) is 0 Å². The van der Waals surface area contributed by atoms with Crippen LogP contribution in [0.5, 0.6) is 0 Å². The topological polar surface area (TPSA) is 76.3 Å². The molecule has 0 unspecified atom stereocenters. The lowest BCUT2D eigenvalue weighted by Gasteiger charge is -2.22. The third-order valence-electron chi connectivity index (χ3n) is 4.81. The Hall–Kier alpha value is -2.45. The van der Waals surface area contributed by atoms with Gasteiger partial charge in [0.15, 0.2) is 5.43 Å². The van der Waals surface area contributed by atoms with E-state index in [1.807, 2.05) is 0 Å². The summed E-state index contributed by atoms with van der Waals surface area (Å²) in [4.78, 5) is 28.2. The molecule has 6 nitrogen and oxygen atoms in total. The molecule has 0 N–H and O–H groups in total. The minimum atomic E-state index is -0.797. The second kappa shape index (κ2) is 7.06. The highest BCUT2D eigenvalue weighted by molar-refractivity contribution is 7.15. The summed E-state index contributed by atoms with van der Waals surface area (Å²) in [5, 5.41) is 10.5. The monoisotopic (exact) mass is 477 g/mol. The van der Waals surface area contributed by atoms with Crippen LogP contribution in [0, 0.1) is 6.92 Å². The first kappa shape index (κ1) is 19.5. The summed E-state index contributed by atoms with van der Waals surface area (Å²) < 4.78 is 5.86. The Balaban J connectivity index is 1.84. The lowest BCUT2D eigenvalue weighted by molar-refractivity contribution is 0.0970. The number of rotatable bonds is 2. The van der Waals surface area contributed by atoms with E-state index < -0.39 is 11.9 Å². The Morgan fingerprint density at radius 2 is 1.83 bits per heavy atom. The molecule has 0 saturated carbocycles. The van der Waals surface area contributed by atoms with Gasteiger partial charge in [0.2, 0.25) is 10.9 Å². The average molecular weight is 479 g/mol. The fourth-order valence-corrected chi connectivity index (χ4v) is 4.72. The lowest BCUT2D eigenvalue weighted by Crippen LogP contribution is -2.29. The van der Waals surface area contributed by atoms with Crippen LogP contribution in [0.4, 0.5) is 5.13 Å². The minimum absolute atomic E-state index is 0.0428. The van der Waals surface area contributed by atoms with Gasteiger partial charge in [-0.3, -0.25) is 14.5 Å². The number of halogens is 3. The normalized spacial score (nSPS) is 15.8. The number of anilines is 1. The number of fused-ring (bicyclic) bond motifs is 2. The van der Waals surface area contributed by atoms with Gasteiger partial charge in [0.25, 0.3) is 5.91 Å². The largest absolute Gasteiger partial charge is 0.450 e. The molecule has 0 aliphatic carbocycles. The molecular weight excluding hydrogens is 469 g/mol. The van der Waals surface area contributed by atoms with Crippen molar-refractivity contribution in [2.24, 2.45) is 0 Å². The van der Waals surface area contributed by atoms with Crippen molar-refractivity contribution in [3.63, 3.8) is 0 Å². The zero-order valence-corrected chi connectivity index (χ0v) is 18.2. The zero-order valence-electron chi connectivity index (χ0n) is 15.1. The summed E-state index contributed by atoms with van der Waals surface area (Å²) in [5.74, 6) is -0.523. The lowest BCUT2D eigenvalue weighted by atomic mass is 9.99. The summed E-state index contributed by atoms with van der Waals surface area (Å²) in [6.45, 7) is 1.78. The summed E-state index contributed by atoms with van der Waals surface area (Å²) in [7, 11) is 0. The van der Waals surface area contributed by atoms with Crippen molar-refractivity contribution in [1.82, 2.24) is 10.2 Å². The Bertz CT molecular complexity index is 1420. The van der Waals surface area contributed by atoms with Crippen LogP contribution in [0.2, 0.25) is 15.1 Å². The molecule has 1 aliphatic rings. The highest BCUT2D eigenvalue weighted by Gasteiger charge is 2.45. The highest BCUT2D eigenvalue weighted by atomic mass is 35.5. The summed E-state index contributed by atoms with van der Waals surface area (Å²) in [6, 6.07) is 8.85. The molecule has 4 aromatic rings. The summed E-state index contributed by atoms with van der Waals surface area (Å²) >= 11 is 19.6. The molecular formula is C20H10Cl3N3O3S. The third-order valence-corrected chi connectivity index (χ3v) is 6.63. The van der Waals surface area contributed by atoms with E-state index in [4.69, 9.17) is 39.2 Å². The second-order valence-electron chi connectivity index (χ2n) is 6.67. The Kier molecular flexibility index (Phi) is 4.59. The van der Waals surface area contributed by atoms with E-state index in [1.165, 1.54) is 22.3 Å². The molecule has 0 spiro atoms. The maximum absolute atomic E-state index is 13.4. The third kappa shape index (κ3) is 2.93. The maximum Gasteiger partial charge on any atom is 0.297 e. The number of benzene rings is 2. The Labute approximate surface area is 188 Å². The van der Waals surface area contributed by atoms with Crippen LogP contribution < -0.4 is 10.3 Å². The molecule has 10 heteroatoms. The van der Waals surface area contributed by atoms with E-state index in [0.717, 1.165) is 0 Å². The average Bonchev–Trinajstić information content (AvgIpc) is 3.26. The maximum atomic E-state index is 13.4. The van der Waals surface area contributed by atoms with E-state index in [-0.39, 0.29) is 27.7 Å². The zero-order chi connectivity index (χ0) is 21.2. The quantitative estimate of drug-likeness (QED) is 0.371. The van der Waals surface area contributed by atoms with E-state index in [0.29, 0.717) is 30.8 Å². The molecule has 2 aromatic carbocycles. The first-order valence-corrected chi connectivity index (χ1v) is 10.6. The van der Waals surface area contributed by atoms with E-state index in [2.05, 4.69) is 10.2 Å². The number of hydrogen-bond acceptors (Lipinski definition) is 6. The van der Waals surface area contributed by atoms with Gasteiger partial charge in [-0.05, 0) is 42.8 Å². The smallest absolute Gasteiger partial charge is 0.297 e. The number of hydrogen-bond donors (Lipinski definition) is 0. The molecule has 30 heavy (non-hydrogen) atoms. The van der Waals surface area contributed by atoms with Crippen LogP contribution >= 0.6 is 46.1 Å². The van der Waals surface area contributed by atoms with Gasteiger partial charge >= 0.3 is 0 Å². The molecule has 0 saturated heterocycles. The van der Waals surface area contributed by atoms with Gasteiger partial charge < -0.3 is 4.42 Å². The van der Waals surface area contributed by atoms with Crippen LogP contribution in [0.1, 0.15) is 32.7 Å². The predicted octanol–water partition coefficient (Wildman–Crippen LogP) is 5.66. The first-order valence-electron chi connectivity index (χ1n) is 8.70. The van der Waals surface area contributed by atoms with Crippen molar-refractivity contribution < 1.29 is 9.21 Å². The number of carbonyl (C=O) groups excluding carboxylic acids is 1. The van der Waals surface area contributed by atoms with Gasteiger partial charge in [-0.2, -0.15) is 0 Å².